The molecule has 0 atom stereocenters. The number of hydrogen-bond donors (Lipinski definition) is 2. The molecule has 0 saturated heterocycles. The minimum atomic E-state index is 0.741. The maximum absolute atomic E-state index is 5.85. The number of aromatic amines is 1. The number of unbranched alkanes of at least 4 members (excludes halogenated alkanes) is 1. The molecule has 0 unspecified atom stereocenters. The fourth-order valence-corrected chi connectivity index (χ4v) is 1.83. The van der Waals surface area contributed by atoms with Crippen LogP contribution in [0.5, 0.6) is 0 Å². The maximum atomic E-state index is 5.85. The van der Waals surface area contributed by atoms with Gasteiger partial charge in [-0.1, -0.05) is 23.7 Å². The van der Waals surface area contributed by atoms with Gasteiger partial charge in [0.25, 0.3) is 0 Å². The number of aromatic nitrogens is 2. The van der Waals surface area contributed by atoms with E-state index in [1.54, 1.807) is 0 Å². The lowest BCUT2D eigenvalue weighted by Crippen LogP contribution is -1.99. The Labute approximate surface area is 106 Å². The SMILES string of the molecule is NCCCCc1ncc(-c2ccc(Cl)cc2)[nH]1. The average Bonchev–Trinajstić information content (AvgIpc) is 2.79. The number of hydrogen-bond acceptors (Lipinski definition) is 2. The third kappa shape index (κ3) is 3.32. The summed E-state index contributed by atoms with van der Waals surface area (Å²) in [4.78, 5) is 7.67. The number of nitrogens with zero attached hydrogens (tertiary/aromatic N) is 1. The molecule has 0 aliphatic heterocycles. The fourth-order valence-electron chi connectivity index (χ4n) is 1.70. The van der Waals surface area contributed by atoms with Gasteiger partial charge in [0.05, 0.1) is 11.9 Å². The van der Waals surface area contributed by atoms with Gasteiger partial charge < -0.3 is 10.7 Å². The highest BCUT2D eigenvalue weighted by molar-refractivity contribution is 6.30. The second-order valence-electron chi connectivity index (χ2n) is 4.00. The zero-order chi connectivity index (χ0) is 12.1. The van der Waals surface area contributed by atoms with Gasteiger partial charge in [-0.3, -0.25) is 0 Å². The first-order valence-electron chi connectivity index (χ1n) is 5.79. The van der Waals surface area contributed by atoms with E-state index in [2.05, 4.69) is 9.97 Å². The Morgan fingerprint density at radius 3 is 2.65 bits per heavy atom. The van der Waals surface area contributed by atoms with E-state index in [4.69, 9.17) is 17.3 Å². The van der Waals surface area contributed by atoms with E-state index >= 15 is 0 Å². The number of nitrogens with one attached hydrogen (secondary N) is 1. The van der Waals surface area contributed by atoms with Gasteiger partial charge in [0, 0.05) is 11.4 Å². The topological polar surface area (TPSA) is 54.7 Å². The van der Waals surface area contributed by atoms with E-state index in [0.717, 1.165) is 47.9 Å². The van der Waals surface area contributed by atoms with Crippen molar-refractivity contribution in [2.24, 2.45) is 5.73 Å². The molecule has 0 saturated carbocycles. The molecule has 4 heteroatoms. The largest absolute Gasteiger partial charge is 0.342 e. The summed E-state index contributed by atoms with van der Waals surface area (Å²) in [6, 6.07) is 7.73. The quantitative estimate of drug-likeness (QED) is 0.801. The Morgan fingerprint density at radius 1 is 1.18 bits per heavy atom. The summed E-state index contributed by atoms with van der Waals surface area (Å²) < 4.78 is 0. The second-order valence-corrected chi connectivity index (χ2v) is 4.43. The molecule has 2 rings (SSSR count). The van der Waals surface area contributed by atoms with Crippen molar-refractivity contribution < 1.29 is 0 Å². The third-order valence-electron chi connectivity index (χ3n) is 2.65. The van der Waals surface area contributed by atoms with Crippen LogP contribution in [0.15, 0.2) is 30.5 Å². The van der Waals surface area contributed by atoms with Gasteiger partial charge in [-0.15, -0.1) is 0 Å². The molecule has 0 radical (unpaired) electrons. The molecule has 0 aliphatic carbocycles. The van der Waals surface area contributed by atoms with Gasteiger partial charge in [0.1, 0.15) is 5.82 Å². The lowest BCUT2D eigenvalue weighted by molar-refractivity contribution is 0.723. The monoisotopic (exact) mass is 249 g/mol. The molecule has 0 amide bonds. The third-order valence-corrected chi connectivity index (χ3v) is 2.90. The van der Waals surface area contributed by atoms with Crippen molar-refractivity contribution in [3.8, 4) is 11.3 Å². The Hall–Kier alpha value is -1.32. The van der Waals surface area contributed by atoms with Crippen LogP contribution >= 0.6 is 11.6 Å². The van der Waals surface area contributed by atoms with Gasteiger partial charge in [-0.2, -0.15) is 0 Å². The van der Waals surface area contributed by atoms with Crippen molar-refractivity contribution in [1.29, 1.82) is 0 Å². The maximum Gasteiger partial charge on any atom is 0.106 e. The van der Waals surface area contributed by atoms with Gasteiger partial charge in [0.2, 0.25) is 0 Å². The van der Waals surface area contributed by atoms with Crippen LogP contribution in [-0.4, -0.2) is 16.5 Å². The second kappa shape index (κ2) is 5.84. The van der Waals surface area contributed by atoms with Crippen molar-refractivity contribution in [2.75, 3.05) is 6.54 Å². The lowest BCUT2D eigenvalue weighted by Gasteiger charge is -1.98. The van der Waals surface area contributed by atoms with Crippen LogP contribution < -0.4 is 5.73 Å². The Kier molecular flexibility index (Phi) is 4.18. The molecule has 1 aromatic heterocycles. The van der Waals surface area contributed by atoms with E-state index in [0.29, 0.717) is 0 Å². The number of H-pyrrole nitrogens is 1. The molecule has 3 N–H and O–H groups in total. The average molecular weight is 250 g/mol. The molecule has 2 aromatic rings. The Balaban J connectivity index is 2.04. The number of nitrogens with two attached hydrogens (primary N) is 1. The number of halogens is 1. The molecule has 17 heavy (non-hydrogen) atoms. The summed E-state index contributed by atoms with van der Waals surface area (Å²) in [6.45, 7) is 0.741. The normalized spacial score (nSPS) is 10.7. The standard InChI is InChI=1S/C13H16ClN3/c14-11-6-4-10(5-7-11)12-9-16-13(17-12)3-1-2-8-15/h4-7,9H,1-3,8,15H2,(H,16,17). The van der Waals surface area contributed by atoms with Gasteiger partial charge in [-0.05, 0) is 37.1 Å². The summed E-state index contributed by atoms with van der Waals surface area (Å²) in [6.07, 6.45) is 4.92. The predicted octanol–water partition coefficient (Wildman–Crippen LogP) is 3.01. The molecule has 0 spiro atoms. The fraction of sp³-hybridized carbons (Fsp3) is 0.308. The van der Waals surface area contributed by atoms with E-state index in [1.807, 2.05) is 30.5 Å². The molecular formula is C13H16ClN3. The minimum Gasteiger partial charge on any atom is -0.342 e. The minimum absolute atomic E-state index is 0.741. The first kappa shape index (κ1) is 12.1. The van der Waals surface area contributed by atoms with Crippen LogP contribution in [0.2, 0.25) is 5.02 Å². The van der Waals surface area contributed by atoms with E-state index in [1.165, 1.54) is 0 Å². The summed E-state index contributed by atoms with van der Waals surface area (Å²) >= 11 is 5.85. The zero-order valence-electron chi connectivity index (χ0n) is 9.62. The molecule has 0 bridgehead atoms. The smallest absolute Gasteiger partial charge is 0.106 e. The molecule has 3 nitrogen and oxygen atoms in total. The molecule has 90 valence electrons. The van der Waals surface area contributed by atoms with Gasteiger partial charge >= 0.3 is 0 Å². The van der Waals surface area contributed by atoms with Crippen molar-refractivity contribution >= 4 is 11.6 Å². The van der Waals surface area contributed by atoms with Crippen LogP contribution in [0, 0.1) is 0 Å². The molecule has 0 fully saturated rings. The predicted molar refractivity (Wildman–Crippen MR) is 71.0 cm³/mol. The number of aryl methyl sites for hydroxylation is 1. The Bertz CT molecular complexity index is 462. The van der Waals surface area contributed by atoms with Crippen molar-refractivity contribution in [3.05, 3.63) is 41.3 Å². The molecular weight excluding hydrogens is 234 g/mol. The molecule has 1 heterocycles. The zero-order valence-corrected chi connectivity index (χ0v) is 10.4. The van der Waals surface area contributed by atoms with Gasteiger partial charge in [0.15, 0.2) is 0 Å². The lowest BCUT2D eigenvalue weighted by atomic mass is 10.2. The highest BCUT2D eigenvalue weighted by atomic mass is 35.5. The van der Waals surface area contributed by atoms with E-state index in [9.17, 15) is 0 Å². The van der Waals surface area contributed by atoms with Crippen LogP contribution in [0.25, 0.3) is 11.3 Å². The summed E-state index contributed by atoms with van der Waals surface area (Å²) in [5, 5.41) is 0.747. The van der Waals surface area contributed by atoms with Crippen molar-refractivity contribution in [2.45, 2.75) is 19.3 Å². The number of benzene rings is 1. The number of imidazole rings is 1. The Morgan fingerprint density at radius 2 is 1.94 bits per heavy atom. The van der Waals surface area contributed by atoms with Gasteiger partial charge in [-0.25, -0.2) is 4.98 Å². The van der Waals surface area contributed by atoms with Crippen molar-refractivity contribution in [1.82, 2.24) is 9.97 Å². The summed E-state index contributed by atoms with van der Waals surface area (Å²) in [7, 11) is 0. The summed E-state index contributed by atoms with van der Waals surface area (Å²) in [5.41, 5.74) is 7.60. The van der Waals surface area contributed by atoms with Crippen LogP contribution in [0.4, 0.5) is 0 Å². The van der Waals surface area contributed by atoms with Crippen LogP contribution in [0.3, 0.4) is 0 Å². The van der Waals surface area contributed by atoms with Crippen LogP contribution in [-0.2, 0) is 6.42 Å². The van der Waals surface area contributed by atoms with E-state index in [-0.39, 0.29) is 0 Å². The first-order valence-corrected chi connectivity index (χ1v) is 6.17. The van der Waals surface area contributed by atoms with Crippen molar-refractivity contribution in [3.63, 3.8) is 0 Å². The van der Waals surface area contributed by atoms with E-state index < -0.39 is 0 Å². The van der Waals surface area contributed by atoms with Crippen LogP contribution in [0.1, 0.15) is 18.7 Å². The highest BCUT2D eigenvalue weighted by Gasteiger charge is 2.02. The molecule has 1 aromatic carbocycles. The summed E-state index contributed by atoms with van der Waals surface area (Å²) in [5.74, 6) is 1.02. The molecule has 0 aliphatic rings. The highest BCUT2D eigenvalue weighted by Crippen LogP contribution is 2.19. The number of rotatable bonds is 5. The first-order chi connectivity index (χ1) is 8.29.